The van der Waals surface area contributed by atoms with Crippen molar-refractivity contribution in [2.24, 2.45) is 0 Å². The first-order valence-electron chi connectivity index (χ1n) is 6.71. The van der Waals surface area contributed by atoms with Crippen molar-refractivity contribution in [3.63, 3.8) is 0 Å². The van der Waals surface area contributed by atoms with Crippen molar-refractivity contribution in [1.82, 2.24) is 0 Å². The van der Waals surface area contributed by atoms with E-state index in [-0.39, 0.29) is 0 Å². The van der Waals surface area contributed by atoms with Crippen LogP contribution in [0.1, 0.15) is 45.6 Å². The lowest BCUT2D eigenvalue weighted by Gasteiger charge is -2.19. The zero-order valence-electron chi connectivity index (χ0n) is 11.5. The Labute approximate surface area is 105 Å². The first-order valence-corrected chi connectivity index (χ1v) is 6.71. The lowest BCUT2D eigenvalue weighted by atomic mass is 10.1. The molecule has 0 radical (unpaired) electrons. The molecule has 1 atom stereocenters. The number of nitrogens with one attached hydrogen (secondary N) is 1. The monoisotopic (exact) mass is 235 g/mol. The van der Waals surface area contributed by atoms with Gasteiger partial charge in [0.1, 0.15) is 5.75 Å². The fraction of sp³-hybridized carbons (Fsp3) is 0.600. The third-order valence-corrected chi connectivity index (χ3v) is 3.00. The van der Waals surface area contributed by atoms with Crippen molar-refractivity contribution < 1.29 is 4.74 Å². The number of hydrogen-bond acceptors (Lipinski definition) is 2. The molecule has 0 amide bonds. The number of benzene rings is 1. The van der Waals surface area contributed by atoms with Crippen molar-refractivity contribution in [2.45, 2.75) is 53.0 Å². The molecule has 0 aromatic heterocycles. The minimum atomic E-state index is 0.580. The van der Waals surface area contributed by atoms with Crippen LogP contribution in [0.2, 0.25) is 0 Å². The van der Waals surface area contributed by atoms with Crippen LogP contribution in [0.5, 0.6) is 5.75 Å². The maximum Gasteiger partial charge on any atom is 0.119 e. The lowest BCUT2D eigenvalue weighted by Crippen LogP contribution is -2.18. The van der Waals surface area contributed by atoms with Crippen molar-refractivity contribution >= 4 is 5.69 Å². The van der Waals surface area contributed by atoms with Crippen molar-refractivity contribution in [2.75, 3.05) is 11.9 Å². The van der Waals surface area contributed by atoms with Gasteiger partial charge < -0.3 is 10.1 Å². The average Bonchev–Trinajstić information content (AvgIpc) is 2.32. The highest BCUT2D eigenvalue weighted by atomic mass is 16.5. The Bertz CT molecular complexity index is 336. The van der Waals surface area contributed by atoms with Crippen LogP contribution < -0.4 is 10.1 Å². The second-order valence-electron chi connectivity index (χ2n) is 4.45. The third kappa shape index (κ3) is 4.29. The largest absolute Gasteiger partial charge is 0.494 e. The number of hydrogen-bond donors (Lipinski definition) is 1. The molecule has 0 spiro atoms. The van der Waals surface area contributed by atoms with Gasteiger partial charge in [-0.15, -0.1) is 0 Å². The summed E-state index contributed by atoms with van der Waals surface area (Å²) in [6.45, 7) is 9.33. The van der Waals surface area contributed by atoms with Crippen molar-refractivity contribution in [3.8, 4) is 5.75 Å². The Kier molecular flexibility index (Phi) is 5.88. The molecule has 17 heavy (non-hydrogen) atoms. The molecular formula is C15H25NO. The molecule has 0 aliphatic heterocycles. The van der Waals surface area contributed by atoms with Crippen LogP contribution in [-0.4, -0.2) is 12.6 Å². The fourth-order valence-corrected chi connectivity index (χ4v) is 2.00. The van der Waals surface area contributed by atoms with Crippen LogP contribution in [0.3, 0.4) is 0 Å². The standard InChI is InChI=1S/C15H25NO/c1-5-8-13(6-2)16-15-10-9-14(17-7-3)11-12(15)4/h9-11,13,16H,5-8H2,1-4H3. The number of anilines is 1. The highest BCUT2D eigenvalue weighted by molar-refractivity contribution is 5.54. The zero-order chi connectivity index (χ0) is 12.7. The van der Waals surface area contributed by atoms with Crippen LogP contribution >= 0.6 is 0 Å². The van der Waals surface area contributed by atoms with E-state index in [9.17, 15) is 0 Å². The molecule has 1 unspecified atom stereocenters. The molecule has 0 aliphatic rings. The summed E-state index contributed by atoms with van der Waals surface area (Å²) in [5, 5.41) is 3.61. The van der Waals surface area contributed by atoms with Crippen LogP contribution in [0.15, 0.2) is 18.2 Å². The van der Waals surface area contributed by atoms with Gasteiger partial charge in [0.2, 0.25) is 0 Å². The van der Waals surface area contributed by atoms with Gasteiger partial charge in [-0.05, 0) is 50.5 Å². The summed E-state index contributed by atoms with van der Waals surface area (Å²) in [4.78, 5) is 0. The Balaban J connectivity index is 2.70. The average molecular weight is 235 g/mol. The minimum absolute atomic E-state index is 0.580. The molecule has 1 N–H and O–H groups in total. The Morgan fingerprint density at radius 2 is 2.00 bits per heavy atom. The van der Waals surface area contributed by atoms with Crippen LogP contribution in [0.25, 0.3) is 0 Å². The first kappa shape index (κ1) is 13.9. The molecule has 0 bridgehead atoms. The topological polar surface area (TPSA) is 21.3 Å². The lowest BCUT2D eigenvalue weighted by molar-refractivity contribution is 0.340. The predicted molar refractivity (Wildman–Crippen MR) is 75.0 cm³/mol. The Hall–Kier alpha value is -1.18. The van der Waals surface area contributed by atoms with Crippen LogP contribution in [-0.2, 0) is 0 Å². The molecule has 0 heterocycles. The minimum Gasteiger partial charge on any atom is -0.494 e. The van der Waals surface area contributed by atoms with Gasteiger partial charge in [0.15, 0.2) is 0 Å². The highest BCUT2D eigenvalue weighted by Gasteiger charge is 2.07. The second kappa shape index (κ2) is 7.21. The smallest absolute Gasteiger partial charge is 0.119 e. The molecule has 2 heteroatoms. The van der Waals surface area contributed by atoms with Gasteiger partial charge >= 0.3 is 0 Å². The molecular weight excluding hydrogens is 210 g/mol. The van der Waals surface area contributed by atoms with E-state index in [0.29, 0.717) is 6.04 Å². The SMILES string of the molecule is CCCC(CC)Nc1ccc(OCC)cc1C. The van der Waals surface area contributed by atoms with E-state index >= 15 is 0 Å². The maximum absolute atomic E-state index is 5.49. The zero-order valence-corrected chi connectivity index (χ0v) is 11.5. The van der Waals surface area contributed by atoms with Gasteiger partial charge in [0, 0.05) is 11.7 Å². The summed E-state index contributed by atoms with van der Waals surface area (Å²) in [7, 11) is 0. The van der Waals surface area contributed by atoms with E-state index in [1.807, 2.05) is 13.0 Å². The molecule has 2 nitrogen and oxygen atoms in total. The second-order valence-corrected chi connectivity index (χ2v) is 4.45. The van der Waals surface area contributed by atoms with Gasteiger partial charge in [-0.3, -0.25) is 0 Å². The molecule has 1 aromatic carbocycles. The molecule has 0 saturated carbocycles. The van der Waals surface area contributed by atoms with E-state index in [0.717, 1.165) is 12.4 Å². The maximum atomic E-state index is 5.49. The van der Waals surface area contributed by atoms with E-state index in [1.54, 1.807) is 0 Å². The summed E-state index contributed by atoms with van der Waals surface area (Å²) in [5.74, 6) is 0.957. The number of ether oxygens (including phenoxy) is 1. The van der Waals surface area contributed by atoms with Gasteiger partial charge in [-0.2, -0.15) is 0 Å². The summed E-state index contributed by atoms with van der Waals surface area (Å²) < 4.78 is 5.49. The van der Waals surface area contributed by atoms with Gasteiger partial charge in [-0.1, -0.05) is 20.3 Å². The summed E-state index contributed by atoms with van der Waals surface area (Å²) in [6.07, 6.45) is 3.62. The van der Waals surface area contributed by atoms with Gasteiger partial charge in [0.05, 0.1) is 6.61 Å². The van der Waals surface area contributed by atoms with E-state index in [4.69, 9.17) is 4.74 Å². The summed E-state index contributed by atoms with van der Waals surface area (Å²) in [6, 6.07) is 6.84. The van der Waals surface area contributed by atoms with E-state index < -0.39 is 0 Å². The van der Waals surface area contributed by atoms with E-state index in [2.05, 4.69) is 38.2 Å². The van der Waals surface area contributed by atoms with Crippen LogP contribution in [0, 0.1) is 6.92 Å². The Morgan fingerprint density at radius 3 is 2.53 bits per heavy atom. The van der Waals surface area contributed by atoms with Gasteiger partial charge in [0.25, 0.3) is 0 Å². The predicted octanol–water partition coefficient (Wildman–Crippen LogP) is 4.38. The molecule has 96 valence electrons. The summed E-state index contributed by atoms with van der Waals surface area (Å²) >= 11 is 0. The van der Waals surface area contributed by atoms with Crippen molar-refractivity contribution in [3.05, 3.63) is 23.8 Å². The normalized spacial score (nSPS) is 12.2. The fourth-order valence-electron chi connectivity index (χ4n) is 2.00. The third-order valence-electron chi connectivity index (χ3n) is 3.00. The van der Waals surface area contributed by atoms with Gasteiger partial charge in [-0.25, -0.2) is 0 Å². The number of aryl methyl sites for hydroxylation is 1. The number of rotatable bonds is 7. The molecule has 0 fully saturated rings. The molecule has 1 rings (SSSR count). The summed E-state index contributed by atoms with van der Waals surface area (Å²) in [5.41, 5.74) is 2.49. The van der Waals surface area contributed by atoms with E-state index in [1.165, 1.54) is 30.5 Å². The molecule has 1 aromatic rings. The molecule has 0 saturated heterocycles. The molecule has 0 aliphatic carbocycles. The van der Waals surface area contributed by atoms with Crippen molar-refractivity contribution in [1.29, 1.82) is 0 Å². The Morgan fingerprint density at radius 1 is 1.24 bits per heavy atom. The highest BCUT2D eigenvalue weighted by Crippen LogP contribution is 2.23. The van der Waals surface area contributed by atoms with Crippen LogP contribution in [0.4, 0.5) is 5.69 Å². The quantitative estimate of drug-likeness (QED) is 0.757. The first-order chi connectivity index (χ1) is 8.21.